The predicted octanol–water partition coefficient (Wildman–Crippen LogP) is 8.41. The minimum Gasteiger partial charge on any atom is -0.377 e. The van der Waals surface area contributed by atoms with Gasteiger partial charge in [0.2, 0.25) is 0 Å². The highest BCUT2D eigenvalue weighted by Crippen LogP contribution is 2.42. The first-order valence-corrected chi connectivity index (χ1v) is 12.0. The van der Waals surface area contributed by atoms with Gasteiger partial charge in [0.05, 0.1) is 29.5 Å². The van der Waals surface area contributed by atoms with E-state index in [0.717, 1.165) is 34.4 Å². The molecule has 4 nitrogen and oxygen atoms in total. The van der Waals surface area contributed by atoms with Gasteiger partial charge < -0.3 is 10.2 Å². The topological polar surface area (TPSA) is 40.5 Å². The van der Waals surface area contributed by atoms with E-state index >= 15 is 0 Å². The highest BCUT2D eigenvalue weighted by atomic mass is 35.5. The number of aryl methyl sites for hydroxylation is 1. The van der Waals surface area contributed by atoms with Gasteiger partial charge in [-0.15, -0.1) is 0 Å². The molecule has 7 heteroatoms. The van der Waals surface area contributed by atoms with Crippen LogP contribution in [0.1, 0.15) is 75.4 Å². The van der Waals surface area contributed by atoms with Gasteiger partial charge in [-0.05, 0) is 56.5 Å². The number of allylic oxidation sites excluding steroid dienone is 1. The lowest BCUT2D eigenvalue weighted by molar-refractivity contribution is 0.00326. The Kier molecular flexibility index (Phi) is 7.81. The molecule has 1 aliphatic rings. The second kappa shape index (κ2) is 10.3. The average Bonchev–Trinajstić information content (AvgIpc) is 2.77. The minimum absolute atomic E-state index is 0.183. The van der Waals surface area contributed by atoms with E-state index < -0.39 is 12.3 Å². The summed E-state index contributed by atoms with van der Waals surface area (Å²) in [6, 6.07) is 7.48. The molecular weight excluding hydrogens is 454 g/mol. The largest absolute Gasteiger partial charge is 0.377 e. The van der Waals surface area contributed by atoms with Crippen LogP contribution in [0.15, 0.2) is 42.4 Å². The molecule has 182 valence electrons. The Morgan fingerprint density at radius 3 is 2.59 bits per heavy atom. The van der Waals surface area contributed by atoms with E-state index in [0.29, 0.717) is 34.6 Å². The first-order valence-electron chi connectivity index (χ1n) is 11.6. The van der Waals surface area contributed by atoms with Crippen molar-refractivity contribution in [2.24, 2.45) is 4.99 Å². The molecule has 0 spiro atoms. The summed E-state index contributed by atoms with van der Waals surface area (Å²) in [5.41, 5.74) is 6.49. The normalized spacial score (nSPS) is 14.5. The van der Waals surface area contributed by atoms with Crippen LogP contribution in [0.5, 0.6) is 0 Å². The van der Waals surface area contributed by atoms with Crippen molar-refractivity contribution in [2.45, 2.75) is 65.8 Å². The molecular formula is C27H33ClF2N4. The molecule has 0 radical (unpaired) electrons. The van der Waals surface area contributed by atoms with E-state index in [-0.39, 0.29) is 12.5 Å². The molecule has 34 heavy (non-hydrogen) atoms. The van der Waals surface area contributed by atoms with Crippen LogP contribution < -0.4 is 5.32 Å². The van der Waals surface area contributed by atoms with E-state index in [1.54, 1.807) is 6.07 Å². The van der Waals surface area contributed by atoms with Crippen molar-refractivity contribution < 1.29 is 8.78 Å². The van der Waals surface area contributed by atoms with Crippen molar-refractivity contribution >= 4 is 40.1 Å². The molecule has 1 aromatic heterocycles. The third-order valence-electron chi connectivity index (χ3n) is 5.96. The van der Waals surface area contributed by atoms with Gasteiger partial charge in [0, 0.05) is 29.8 Å². The minimum atomic E-state index is -2.83. The number of benzene rings is 1. The Balaban J connectivity index is 2.10. The summed E-state index contributed by atoms with van der Waals surface area (Å²) in [5, 5.41) is 3.89. The molecule has 1 N–H and O–H groups in total. The number of hydrogen-bond acceptors (Lipinski definition) is 4. The number of alkyl halides is 2. The van der Waals surface area contributed by atoms with Crippen LogP contribution in [0.2, 0.25) is 5.15 Å². The second-order valence-electron chi connectivity index (χ2n) is 8.94. The molecule has 1 aromatic carbocycles. The second-order valence-corrected chi connectivity index (χ2v) is 9.33. The molecule has 0 bridgehead atoms. The summed E-state index contributed by atoms with van der Waals surface area (Å²) in [6.45, 7) is 18.3. The van der Waals surface area contributed by atoms with Gasteiger partial charge in [-0.1, -0.05) is 44.7 Å². The maximum absolute atomic E-state index is 14.4. The SMILES string of the molecule is C=C(C)c1nc(Cl)ccc1NC(C)c1cc(C)cc2c1N=C(CC(F)(F)CC)N(CCC)C2=C. The number of anilines is 1. The summed E-state index contributed by atoms with van der Waals surface area (Å²) in [6.07, 6.45) is 0.143. The van der Waals surface area contributed by atoms with Crippen molar-refractivity contribution in [1.82, 2.24) is 9.88 Å². The van der Waals surface area contributed by atoms with E-state index in [9.17, 15) is 8.78 Å². The summed E-state index contributed by atoms with van der Waals surface area (Å²) in [4.78, 5) is 11.1. The number of aliphatic imine (C=N–C) groups is 1. The zero-order chi connectivity index (χ0) is 25.2. The predicted molar refractivity (Wildman–Crippen MR) is 140 cm³/mol. The molecule has 1 unspecified atom stereocenters. The summed E-state index contributed by atoms with van der Waals surface area (Å²) >= 11 is 6.09. The van der Waals surface area contributed by atoms with Crippen molar-refractivity contribution in [2.75, 3.05) is 11.9 Å². The summed E-state index contributed by atoms with van der Waals surface area (Å²) in [7, 11) is 0. The Labute approximate surface area is 206 Å². The first-order chi connectivity index (χ1) is 16.0. The van der Waals surface area contributed by atoms with Gasteiger partial charge in [0.1, 0.15) is 11.0 Å². The van der Waals surface area contributed by atoms with Gasteiger partial charge in [-0.25, -0.2) is 18.8 Å². The number of amidine groups is 1. The van der Waals surface area contributed by atoms with E-state index in [2.05, 4.69) is 23.5 Å². The molecule has 0 saturated heterocycles. The Morgan fingerprint density at radius 1 is 1.26 bits per heavy atom. The third kappa shape index (κ3) is 5.49. The fraction of sp³-hybridized carbons (Fsp3) is 0.407. The van der Waals surface area contributed by atoms with E-state index in [1.807, 2.05) is 50.8 Å². The molecule has 2 heterocycles. The van der Waals surface area contributed by atoms with Gasteiger partial charge in [0.15, 0.2) is 0 Å². The van der Waals surface area contributed by atoms with Crippen molar-refractivity contribution in [3.8, 4) is 0 Å². The third-order valence-corrected chi connectivity index (χ3v) is 6.17. The summed E-state index contributed by atoms with van der Waals surface area (Å²) in [5.74, 6) is -2.47. The maximum Gasteiger partial charge on any atom is 0.254 e. The van der Waals surface area contributed by atoms with Crippen molar-refractivity contribution in [3.63, 3.8) is 0 Å². The van der Waals surface area contributed by atoms with Crippen molar-refractivity contribution in [1.29, 1.82) is 0 Å². The van der Waals surface area contributed by atoms with Crippen LogP contribution in [0, 0.1) is 6.92 Å². The lowest BCUT2D eigenvalue weighted by Crippen LogP contribution is -2.36. The number of fused-ring (bicyclic) bond motifs is 1. The lowest BCUT2D eigenvalue weighted by Gasteiger charge is -2.35. The lowest BCUT2D eigenvalue weighted by atomic mass is 9.94. The fourth-order valence-electron chi connectivity index (χ4n) is 4.14. The Hall–Kier alpha value is -2.73. The molecule has 2 aromatic rings. The van der Waals surface area contributed by atoms with Crippen LogP contribution >= 0.6 is 11.6 Å². The highest BCUT2D eigenvalue weighted by Gasteiger charge is 2.34. The molecule has 0 fully saturated rings. The molecule has 3 rings (SSSR count). The number of nitrogens with one attached hydrogen (secondary N) is 1. The van der Waals surface area contributed by atoms with Gasteiger partial charge in [0.25, 0.3) is 5.92 Å². The highest BCUT2D eigenvalue weighted by molar-refractivity contribution is 6.29. The van der Waals surface area contributed by atoms with Gasteiger partial charge in [-0.3, -0.25) is 0 Å². The maximum atomic E-state index is 14.4. The molecule has 1 atom stereocenters. The number of hydrogen-bond donors (Lipinski definition) is 1. The van der Waals surface area contributed by atoms with Crippen LogP contribution in [-0.4, -0.2) is 28.2 Å². The fourth-order valence-corrected chi connectivity index (χ4v) is 4.29. The number of aromatic nitrogens is 1. The standard InChI is InChI=1S/C27H33ClF2N4/c1-8-12-34-19(7)21-14-17(5)13-20(26(21)33-24(34)15-27(29,30)9-2)18(6)31-22-10-11-23(28)32-25(22)16(3)4/h10-11,13-14,18,31H,3,7-9,12,15H2,1-2,4-6H3. The number of pyridine rings is 1. The van der Waals surface area contributed by atoms with Crippen LogP contribution in [0.25, 0.3) is 11.3 Å². The molecule has 0 aliphatic carbocycles. The smallest absolute Gasteiger partial charge is 0.254 e. The number of nitrogens with zero attached hydrogens (tertiary/aromatic N) is 3. The van der Waals surface area contributed by atoms with Gasteiger partial charge >= 0.3 is 0 Å². The Bertz CT molecular complexity index is 1140. The number of rotatable bonds is 9. The quantitative estimate of drug-likeness (QED) is 0.361. The van der Waals surface area contributed by atoms with Crippen molar-refractivity contribution in [3.05, 3.63) is 65.0 Å². The Morgan fingerprint density at radius 2 is 1.97 bits per heavy atom. The average molecular weight is 487 g/mol. The monoisotopic (exact) mass is 486 g/mol. The molecule has 1 aliphatic heterocycles. The van der Waals surface area contributed by atoms with Crippen LogP contribution in [0.4, 0.5) is 20.2 Å². The van der Waals surface area contributed by atoms with E-state index in [1.165, 1.54) is 6.92 Å². The molecule has 0 amide bonds. The van der Waals surface area contributed by atoms with Crippen LogP contribution in [0.3, 0.4) is 0 Å². The van der Waals surface area contributed by atoms with Crippen LogP contribution in [-0.2, 0) is 0 Å². The van der Waals surface area contributed by atoms with E-state index in [4.69, 9.17) is 16.6 Å². The van der Waals surface area contributed by atoms with Gasteiger partial charge in [-0.2, -0.15) is 0 Å². The zero-order valence-electron chi connectivity index (χ0n) is 20.6. The molecule has 0 saturated carbocycles. The first kappa shape index (κ1) is 25.9. The summed E-state index contributed by atoms with van der Waals surface area (Å²) < 4.78 is 28.9. The zero-order valence-corrected chi connectivity index (χ0v) is 21.4. The number of halogens is 3.